The first-order valence-corrected chi connectivity index (χ1v) is 11.7. The van der Waals surface area contributed by atoms with Crippen LogP contribution in [0.25, 0.3) is 0 Å². The molecule has 4 rings (SSSR count). The van der Waals surface area contributed by atoms with Crippen molar-refractivity contribution in [3.05, 3.63) is 42.7 Å². The highest BCUT2D eigenvalue weighted by atomic mass is 32.2. The summed E-state index contributed by atoms with van der Waals surface area (Å²) in [4.78, 5) is 25.6. The van der Waals surface area contributed by atoms with E-state index in [0.29, 0.717) is 6.04 Å². The fourth-order valence-corrected chi connectivity index (χ4v) is 5.24. The van der Waals surface area contributed by atoms with Crippen molar-refractivity contribution in [3.63, 3.8) is 0 Å². The highest BCUT2D eigenvalue weighted by Crippen LogP contribution is 2.34. The molecule has 1 N–H and O–H groups in total. The van der Waals surface area contributed by atoms with Crippen LogP contribution in [0.15, 0.2) is 52.6 Å². The molecule has 1 unspecified atom stereocenters. The van der Waals surface area contributed by atoms with E-state index in [0.717, 1.165) is 54.5 Å². The first-order valence-electron chi connectivity index (χ1n) is 10.9. The fraction of sp³-hybridized carbons (Fsp3) is 0.522. The quantitative estimate of drug-likeness (QED) is 0.725. The van der Waals surface area contributed by atoms with Gasteiger partial charge in [0.2, 0.25) is 5.91 Å². The summed E-state index contributed by atoms with van der Waals surface area (Å²) in [6.45, 7) is 1.65. The van der Waals surface area contributed by atoms with Gasteiger partial charge in [0.25, 0.3) is 0 Å². The molecule has 1 aromatic heterocycles. The van der Waals surface area contributed by atoms with Gasteiger partial charge in [0.15, 0.2) is 5.82 Å². The van der Waals surface area contributed by atoms with Gasteiger partial charge in [0, 0.05) is 36.4 Å². The van der Waals surface area contributed by atoms with E-state index in [9.17, 15) is 4.79 Å². The van der Waals surface area contributed by atoms with Crippen molar-refractivity contribution < 1.29 is 4.79 Å². The Morgan fingerprint density at radius 2 is 1.72 bits per heavy atom. The average molecular weight is 411 g/mol. The second-order valence-electron chi connectivity index (χ2n) is 8.08. The van der Waals surface area contributed by atoms with Crippen molar-refractivity contribution in [1.29, 1.82) is 0 Å². The smallest absolute Gasteiger partial charge is 0.225 e. The molecule has 2 fully saturated rings. The molecule has 1 atom stereocenters. The van der Waals surface area contributed by atoms with Crippen molar-refractivity contribution in [2.24, 2.45) is 5.92 Å². The largest absolute Gasteiger partial charge is 0.354 e. The molecular weight excluding hydrogens is 380 g/mol. The molecule has 0 radical (unpaired) electrons. The number of nitrogens with zero attached hydrogens (tertiary/aromatic N) is 3. The van der Waals surface area contributed by atoms with E-state index in [1.54, 1.807) is 24.2 Å². The molecule has 1 aromatic carbocycles. The van der Waals surface area contributed by atoms with E-state index in [-0.39, 0.29) is 11.8 Å². The number of amides is 1. The first-order chi connectivity index (χ1) is 14.3. The molecule has 1 aliphatic carbocycles. The van der Waals surface area contributed by atoms with Gasteiger partial charge in [0.1, 0.15) is 5.03 Å². The number of aromatic nitrogens is 2. The number of benzene rings is 1. The third-order valence-electron chi connectivity index (χ3n) is 5.90. The lowest BCUT2D eigenvalue weighted by Crippen LogP contribution is -2.46. The minimum absolute atomic E-state index is 0.0311. The maximum Gasteiger partial charge on any atom is 0.225 e. The van der Waals surface area contributed by atoms with Gasteiger partial charge >= 0.3 is 0 Å². The summed E-state index contributed by atoms with van der Waals surface area (Å²) in [5, 5.41) is 4.25. The highest BCUT2D eigenvalue weighted by molar-refractivity contribution is 7.99. The molecular formula is C23H30N4OS. The maximum atomic E-state index is 13.0. The van der Waals surface area contributed by atoms with Crippen LogP contribution in [0.1, 0.15) is 51.4 Å². The fourth-order valence-electron chi connectivity index (χ4n) is 4.33. The van der Waals surface area contributed by atoms with Crippen LogP contribution in [0, 0.1) is 5.92 Å². The Morgan fingerprint density at radius 3 is 2.52 bits per heavy atom. The number of carbonyl (C=O) groups is 1. The van der Waals surface area contributed by atoms with E-state index in [2.05, 4.69) is 32.3 Å². The summed E-state index contributed by atoms with van der Waals surface area (Å²) in [6, 6.07) is 10.6. The van der Waals surface area contributed by atoms with Gasteiger partial charge in [-0.25, -0.2) is 9.97 Å². The zero-order valence-electron chi connectivity index (χ0n) is 16.9. The van der Waals surface area contributed by atoms with Gasteiger partial charge in [-0.3, -0.25) is 4.79 Å². The minimum atomic E-state index is 0.0311. The third kappa shape index (κ3) is 5.50. The zero-order chi connectivity index (χ0) is 19.9. The standard InChI is InChI=1S/C23H30N4OS/c28-22(26-19-10-4-1-2-5-11-19)18-9-8-16-27(17-18)21-23(25-15-14-24-21)29-20-12-6-3-7-13-20/h3,6-7,12-15,18-19H,1-2,4-5,8-11,16-17H2,(H,26,28). The van der Waals surface area contributed by atoms with E-state index in [1.165, 1.54) is 25.7 Å². The van der Waals surface area contributed by atoms with E-state index in [4.69, 9.17) is 0 Å². The van der Waals surface area contributed by atoms with Crippen LogP contribution in [0.5, 0.6) is 0 Å². The van der Waals surface area contributed by atoms with Crippen LogP contribution in [-0.4, -0.2) is 35.0 Å². The number of nitrogens with one attached hydrogen (secondary N) is 1. The predicted octanol–water partition coefficient (Wildman–Crippen LogP) is 4.68. The van der Waals surface area contributed by atoms with Crippen LogP contribution >= 0.6 is 11.8 Å². The molecule has 1 aliphatic heterocycles. The van der Waals surface area contributed by atoms with Crippen LogP contribution < -0.4 is 10.2 Å². The van der Waals surface area contributed by atoms with E-state index < -0.39 is 0 Å². The number of hydrogen-bond donors (Lipinski definition) is 1. The monoisotopic (exact) mass is 410 g/mol. The summed E-state index contributed by atoms with van der Waals surface area (Å²) in [6.07, 6.45) is 12.8. The lowest BCUT2D eigenvalue weighted by Gasteiger charge is -2.34. The molecule has 0 bridgehead atoms. The molecule has 154 valence electrons. The second-order valence-corrected chi connectivity index (χ2v) is 9.14. The Bertz CT molecular complexity index is 792. The second kappa shape index (κ2) is 10.1. The number of anilines is 1. The summed E-state index contributed by atoms with van der Waals surface area (Å²) in [5.41, 5.74) is 0. The summed E-state index contributed by atoms with van der Waals surface area (Å²) in [5.74, 6) is 1.15. The van der Waals surface area contributed by atoms with Crippen molar-refractivity contribution in [2.45, 2.75) is 67.3 Å². The van der Waals surface area contributed by atoms with Crippen molar-refractivity contribution in [1.82, 2.24) is 15.3 Å². The summed E-state index contributed by atoms with van der Waals surface area (Å²) < 4.78 is 0. The third-order valence-corrected chi connectivity index (χ3v) is 6.89. The SMILES string of the molecule is O=C(NC1CCCCCC1)C1CCCN(c2nccnc2Sc2ccccc2)C1. The molecule has 1 saturated heterocycles. The lowest BCUT2D eigenvalue weighted by molar-refractivity contribution is -0.126. The average Bonchev–Trinajstić information content (AvgIpc) is 3.04. The number of rotatable bonds is 5. The number of piperidine rings is 1. The summed E-state index contributed by atoms with van der Waals surface area (Å²) >= 11 is 1.63. The van der Waals surface area contributed by atoms with Crippen molar-refractivity contribution in [3.8, 4) is 0 Å². The molecule has 2 aromatic rings. The van der Waals surface area contributed by atoms with Crippen LogP contribution in [0.3, 0.4) is 0 Å². The number of hydrogen-bond acceptors (Lipinski definition) is 5. The van der Waals surface area contributed by atoms with Gasteiger partial charge in [0.05, 0.1) is 5.92 Å². The van der Waals surface area contributed by atoms with Gasteiger partial charge in [-0.05, 0) is 37.8 Å². The van der Waals surface area contributed by atoms with Gasteiger partial charge in [-0.15, -0.1) is 0 Å². The van der Waals surface area contributed by atoms with Gasteiger partial charge in [-0.2, -0.15) is 0 Å². The topological polar surface area (TPSA) is 58.1 Å². The Labute approximate surface area is 177 Å². The molecule has 2 aliphatic rings. The first kappa shape index (κ1) is 20.2. The molecule has 6 heteroatoms. The van der Waals surface area contributed by atoms with Crippen molar-refractivity contribution >= 4 is 23.5 Å². The zero-order valence-corrected chi connectivity index (χ0v) is 17.7. The Hall–Kier alpha value is -2.08. The van der Waals surface area contributed by atoms with Gasteiger partial charge in [-0.1, -0.05) is 55.6 Å². The van der Waals surface area contributed by atoms with Crippen LogP contribution in [0.2, 0.25) is 0 Å². The highest BCUT2D eigenvalue weighted by Gasteiger charge is 2.29. The van der Waals surface area contributed by atoms with Crippen molar-refractivity contribution in [2.75, 3.05) is 18.0 Å². The normalized spacial score (nSPS) is 20.8. The minimum Gasteiger partial charge on any atom is -0.354 e. The molecule has 0 spiro atoms. The molecule has 1 saturated carbocycles. The predicted molar refractivity (Wildman–Crippen MR) is 117 cm³/mol. The van der Waals surface area contributed by atoms with Crippen LogP contribution in [-0.2, 0) is 4.79 Å². The molecule has 1 amide bonds. The lowest BCUT2D eigenvalue weighted by atomic mass is 9.96. The summed E-state index contributed by atoms with van der Waals surface area (Å²) in [7, 11) is 0. The van der Waals surface area contributed by atoms with E-state index >= 15 is 0 Å². The Morgan fingerprint density at radius 1 is 0.966 bits per heavy atom. The van der Waals surface area contributed by atoms with E-state index in [1.807, 2.05) is 18.2 Å². The van der Waals surface area contributed by atoms with Crippen LogP contribution in [0.4, 0.5) is 5.82 Å². The molecule has 29 heavy (non-hydrogen) atoms. The maximum absolute atomic E-state index is 13.0. The molecule has 5 nitrogen and oxygen atoms in total. The molecule has 2 heterocycles. The Kier molecular flexibility index (Phi) is 7.04. The van der Waals surface area contributed by atoms with Gasteiger partial charge < -0.3 is 10.2 Å². The number of carbonyl (C=O) groups excluding carboxylic acids is 1. The Balaban J connectivity index is 1.42.